The molecule has 1 aliphatic heterocycles. The average Bonchev–Trinajstić information content (AvgIpc) is 2.67. The Hall–Kier alpha value is -2.78. The number of terminal acetylenes is 1. The van der Waals surface area contributed by atoms with Gasteiger partial charge < -0.3 is 9.64 Å². The number of carbonyl (C=O) groups is 1. The maximum atomic E-state index is 13.3. The van der Waals surface area contributed by atoms with E-state index in [1.165, 1.54) is 6.07 Å². The van der Waals surface area contributed by atoms with Crippen molar-refractivity contribution >= 4 is 11.5 Å². The van der Waals surface area contributed by atoms with Gasteiger partial charge in [-0.1, -0.05) is 18.1 Å². The number of benzene rings is 2. The SMILES string of the molecule is C#Cc1cccc(CC(=O)c2cc(N3CCOCC3)cc(C(F)(F)F)c2)c1. The molecule has 3 rings (SSSR count). The fraction of sp³-hybridized carbons (Fsp3) is 0.286. The maximum absolute atomic E-state index is 13.3. The molecule has 1 saturated heterocycles. The zero-order valence-corrected chi connectivity index (χ0v) is 14.6. The second kappa shape index (κ2) is 7.85. The number of carbonyl (C=O) groups excluding carboxylic acids is 1. The molecule has 0 aromatic heterocycles. The van der Waals surface area contributed by atoms with Crippen molar-refractivity contribution in [3.8, 4) is 12.3 Å². The van der Waals surface area contributed by atoms with Gasteiger partial charge in [-0.05, 0) is 35.9 Å². The lowest BCUT2D eigenvalue weighted by molar-refractivity contribution is -0.137. The number of nitrogens with zero attached hydrogens (tertiary/aromatic N) is 1. The highest BCUT2D eigenvalue weighted by atomic mass is 19.4. The summed E-state index contributed by atoms with van der Waals surface area (Å²) in [6, 6.07) is 10.4. The molecule has 1 aliphatic rings. The summed E-state index contributed by atoms with van der Waals surface area (Å²) in [7, 11) is 0. The number of ether oxygens (including phenoxy) is 1. The number of alkyl halides is 3. The van der Waals surface area contributed by atoms with E-state index in [0.717, 1.165) is 12.1 Å². The molecule has 1 heterocycles. The topological polar surface area (TPSA) is 29.5 Å². The van der Waals surface area contributed by atoms with Gasteiger partial charge in [0, 0.05) is 36.3 Å². The summed E-state index contributed by atoms with van der Waals surface area (Å²) in [4.78, 5) is 14.5. The van der Waals surface area contributed by atoms with Crippen LogP contribution in [0.3, 0.4) is 0 Å². The van der Waals surface area contributed by atoms with Crippen molar-refractivity contribution in [3.05, 3.63) is 64.7 Å². The van der Waals surface area contributed by atoms with Gasteiger partial charge in [0.25, 0.3) is 0 Å². The minimum absolute atomic E-state index is 0.0145. The van der Waals surface area contributed by atoms with Crippen molar-refractivity contribution in [2.24, 2.45) is 0 Å². The van der Waals surface area contributed by atoms with Gasteiger partial charge in [0.05, 0.1) is 18.8 Å². The van der Waals surface area contributed by atoms with Crippen LogP contribution in [-0.2, 0) is 17.3 Å². The fourth-order valence-corrected chi connectivity index (χ4v) is 3.00. The summed E-state index contributed by atoms with van der Waals surface area (Å²) in [6.07, 6.45) is 0.814. The van der Waals surface area contributed by atoms with Gasteiger partial charge in [-0.3, -0.25) is 4.79 Å². The molecule has 0 atom stereocenters. The van der Waals surface area contributed by atoms with E-state index in [1.54, 1.807) is 29.2 Å². The third-order valence-electron chi connectivity index (χ3n) is 4.40. The molecule has 3 nitrogen and oxygen atoms in total. The van der Waals surface area contributed by atoms with Crippen LogP contribution < -0.4 is 4.90 Å². The Morgan fingerprint density at radius 3 is 2.56 bits per heavy atom. The molecule has 0 N–H and O–H groups in total. The first-order valence-corrected chi connectivity index (χ1v) is 8.50. The molecule has 0 aliphatic carbocycles. The monoisotopic (exact) mass is 373 g/mol. The lowest BCUT2D eigenvalue weighted by Crippen LogP contribution is -2.36. The first-order chi connectivity index (χ1) is 12.9. The summed E-state index contributed by atoms with van der Waals surface area (Å²) in [5.41, 5.74) is 0.887. The predicted octanol–water partition coefficient (Wildman–Crippen LogP) is 3.95. The van der Waals surface area contributed by atoms with Crippen LogP contribution in [0, 0.1) is 12.3 Å². The Morgan fingerprint density at radius 2 is 1.89 bits per heavy atom. The molecular formula is C21H18F3NO2. The van der Waals surface area contributed by atoms with Crippen LogP contribution in [-0.4, -0.2) is 32.1 Å². The van der Waals surface area contributed by atoms with E-state index in [2.05, 4.69) is 5.92 Å². The van der Waals surface area contributed by atoms with Crippen LogP contribution in [0.4, 0.5) is 18.9 Å². The molecule has 2 aromatic rings. The Kier molecular flexibility index (Phi) is 5.52. The van der Waals surface area contributed by atoms with E-state index in [0.29, 0.717) is 43.1 Å². The average molecular weight is 373 g/mol. The van der Waals surface area contributed by atoms with Crippen molar-refractivity contribution < 1.29 is 22.7 Å². The van der Waals surface area contributed by atoms with Crippen molar-refractivity contribution in [2.75, 3.05) is 31.2 Å². The van der Waals surface area contributed by atoms with Gasteiger partial charge in [-0.15, -0.1) is 6.42 Å². The van der Waals surface area contributed by atoms with Crippen molar-refractivity contribution in [1.82, 2.24) is 0 Å². The Bertz CT molecular complexity index is 878. The van der Waals surface area contributed by atoms with E-state index >= 15 is 0 Å². The molecule has 0 bridgehead atoms. The van der Waals surface area contributed by atoms with Gasteiger partial charge in [0.15, 0.2) is 5.78 Å². The quantitative estimate of drug-likeness (QED) is 0.600. The molecule has 140 valence electrons. The Labute approximate surface area is 155 Å². The maximum Gasteiger partial charge on any atom is 0.416 e. The number of anilines is 1. The smallest absolute Gasteiger partial charge is 0.378 e. The molecular weight excluding hydrogens is 355 g/mol. The number of halogens is 3. The Morgan fingerprint density at radius 1 is 1.15 bits per heavy atom. The minimum Gasteiger partial charge on any atom is -0.378 e. The van der Waals surface area contributed by atoms with Crippen LogP contribution in [0.5, 0.6) is 0 Å². The highest BCUT2D eigenvalue weighted by molar-refractivity contribution is 5.98. The highest BCUT2D eigenvalue weighted by Crippen LogP contribution is 2.33. The van der Waals surface area contributed by atoms with Gasteiger partial charge in [-0.25, -0.2) is 0 Å². The number of morpholine rings is 1. The molecule has 0 amide bonds. The number of hydrogen-bond donors (Lipinski definition) is 0. The first-order valence-electron chi connectivity index (χ1n) is 8.50. The van der Waals surface area contributed by atoms with Crippen LogP contribution in [0.25, 0.3) is 0 Å². The van der Waals surface area contributed by atoms with E-state index < -0.39 is 11.7 Å². The summed E-state index contributed by atoms with van der Waals surface area (Å²) >= 11 is 0. The molecule has 2 aromatic carbocycles. The predicted molar refractivity (Wildman–Crippen MR) is 96.9 cm³/mol. The standard InChI is InChI=1S/C21H18F3NO2/c1-2-15-4-3-5-16(10-15)11-20(26)17-12-18(21(22,23)24)14-19(13-17)25-6-8-27-9-7-25/h1,3-5,10,12-14H,6-9,11H2. The third kappa shape index (κ3) is 4.69. The van der Waals surface area contributed by atoms with Crippen molar-refractivity contribution in [1.29, 1.82) is 0 Å². The number of rotatable bonds is 4. The fourth-order valence-electron chi connectivity index (χ4n) is 3.00. The molecule has 6 heteroatoms. The lowest BCUT2D eigenvalue weighted by atomic mass is 9.99. The number of Topliss-reactive ketones (excluding diaryl/α,β-unsaturated/α-hetero) is 1. The molecule has 1 fully saturated rings. The minimum atomic E-state index is -4.53. The van der Waals surface area contributed by atoms with Crippen molar-refractivity contribution in [2.45, 2.75) is 12.6 Å². The third-order valence-corrected chi connectivity index (χ3v) is 4.40. The second-order valence-corrected chi connectivity index (χ2v) is 6.31. The van der Waals surface area contributed by atoms with Gasteiger partial charge in [0.2, 0.25) is 0 Å². The summed E-state index contributed by atoms with van der Waals surface area (Å²) in [5, 5.41) is 0. The lowest BCUT2D eigenvalue weighted by Gasteiger charge is -2.29. The molecule has 0 spiro atoms. The number of ketones is 1. The number of hydrogen-bond acceptors (Lipinski definition) is 3. The van der Waals surface area contributed by atoms with E-state index in [1.807, 2.05) is 0 Å². The van der Waals surface area contributed by atoms with Crippen LogP contribution >= 0.6 is 0 Å². The summed E-state index contributed by atoms with van der Waals surface area (Å²) in [6.45, 7) is 1.86. The Balaban J connectivity index is 1.92. The zero-order valence-electron chi connectivity index (χ0n) is 14.6. The van der Waals surface area contributed by atoms with Crippen LogP contribution in [0.1, 0.15) is 27.0 Å². The first kappa shape index (κ1) is 19.0. The molecule has 0 saturated carbocycles. The van der Waals surface area contributed by atoms with Gasteiger partial charge in [0.1, 0.15) is 0 Å². The van der Waals surface area contributed by atoms with Crippen LogP contribution in [0.2, 0.25) is 0 Å². The van der Waals surface area contributed by atoms with Crippen LogP contribution in [0.15, 0.2) is 42.5 Å². The zero-order chi connectivity index (χ0) is 19.4. The second-order valence-electron chi connectivity index (χ2n) is 6.31. The molecule has 27 heavy (non-hydrogen) atoms. The highest BCUT2D eigenvalue weighted by Gasteiger charge is 2.32. The van der Waals surface area contributed by atoms with Gasteiger partial charge in [-0.2, -0.15) is 13.2 Å². The van der Waals surface area contributed by atoms with E-state index in [9.17, 15) is 18.0 Å². The largest absolute Gasteiger partial charge is 0.416 e. The summed E-state index contributed by atoms with van der Waals surface area (Å²) in [5.74, 6) is 2.10. The summed E-state index contributed by atoms with van der Waals surface area (Å²) < 4.78 is 45.2. The van der Waals surface area contributed by atoms with E-state index in [-0.39, 0.29) is 17.8 Å². The molecule has 0 radical (unpaired) electrons. The molecule has 0 unspecified atom stereocenters. The van der Waals surface area contributed by atoms with E-state index in [4.69, 9.17) is 11.2 Å². The van der Waals surface area contributed by atoms with Gasteiger partial charge >= 0.3 is 6.18 Å². The normalized spacial score (nSPS) is 14.7. The van der Waals surface area contributed by atoms with Crippen molar-refractivity contribution in [3.63, 3.8) is 0 Å².